The maximum atomic E-state index is 10.2. The van der Waals surface area contributed by atoms with Crippen molar-refractivity contribution in [2.45, 2.75) is 31.2 Å². The Balaban J connectivity index is 1.70. The van der Waals surface area contributed by atoms with E-state index in [1.807, 2.05) is 12.1 Å². The van der Waals surface area contributed by atoms with Gasteiger partial charge in [0.1, 0.15) is 5.75 Å². The van der Waals surface area contributed by atoms with E-state index in [1.54, 1.807) is 0 Å². The van der Waals surface area contributed by atoms with Crippen LogP contribution in [0, 0.1) is 5.92 Å². The van der Waals surface area contributed by atoms with E-state index in [4.69, 9.17) is 0 Å². The molecule has 0 unspecified atom stereocenters. The topological polar surface area (TPSA) is 23.5 Å². The Morgan fingerprint density at radius 3 is 2.73 bits per heavy atom. The van der Waals surface area contributed by atoms with Gasteiger partial charge in [-0.15, -0.1) is 0 Å². The molecule has 22 heavy (non-hydrogen) atoms. The van der Waals surface area contributed by atoms with Gasteiger partial charge in [-0.05, 0) is 55.0 Å². The summed E-state index contributed by atoms with van der Waals surface area (Å²) in [4.78, 5) is 2.53. The first-order valence-corrected chi connectivity index (χ1v) is 8.29. The van der Waals surface area contributed by atoms with Gasteiger partial charge in [0.25, 0.3) is 0 Å². The van der Waals surface area contributed by atoms with E-state index in [1.165, 1.54) is 16.7 Å². The summed E-state index contributed by atoms with van der Waals surface area (Å²) in [6.07, 6.45) is 3.30. The van der Waals surface area contributed by atoms with Crippen LogP contribution in [0.25, 0.3) is 0 Å². The van der Waals surface area contributed by atoms with Crippen LogP contribution in [0.15, 0.2) is 48.5 Å². The largest absolute Gasteiger partial charge is 0.508 e. The van der Waals surface area contributed by atoms with Gasteiger partial charge in [-0.2, -0.15) is 0 Å². The summed E-state index contributed by atoms with van der Waals surface area (Å²) >= 11 is 0. The minimum atomic E-state index is 0.490. The molecule has 1 heterocycles. The smallest absolute Gasteiger partial charge is 0.119 e. The number of benzene rings is 2. The molecule has 3 atom stereocenters. The third kappa shape index (κ3) is 2.22. The van der Waals surface area contributed by atoms with Crippen LogP contribution in [0.3, 0.4) is 0 Å². The highest BCUT2D eigenvalue weighted by molar-refractivity contribution is 5.45. The molecule has 2 aromatic carbocycles. The fourth-order valence-electron chi connectivity index (χ4n) is 4.65. The van der Waals surface area contributed by atoms with E-state index in [9.17, 15) is 5.11 Å². The van der Waals surface area contributed by atoms with Crippen molar-refractivity contribution in [3.63, 3.8) is 0 Å². The van der Waals surface area contributed by atoms with Gasteiger partial charge in [0.2, 0.25) is 0 Å². The number of hydrogen-bond donors (Lipinski definition) is 1. The molecule has 0 radical (unpaired) electrons. The highest BCUT2D eigenvalue weighted by Crippen LogP contribution is 2.47. The first-order valence-electron chi connectivity index (χ1n) is 8.29. The molecule has 0 saturated carbocycles. The molecule has 1 aliphatic heterocycles. The van der Waals surface area contributed by atoms with Crippen LogP contribution < -0.4 is 0 Å². The van der Waals surface area contributed by atoms with Gasteiger partial charge in [-0.1, -0.05) is 42.5 Å². The fraction of sp³-hybridized carbons (Fsp3) is 0.400. The second-order valence-corrected chi connectivity index (χ2v) is 6.87. The highest BCUT2D eigenvalue weighted by atomic mass is 16.3. The molecule has 0 aromatic heterocycles. The van der Waals surface area contributed by atoms with Crippen LogP contribution in [-0.4, -0.2) is 29.6 Å². The van der Waals surface area contributed by atoms with Gasteiger partial charge in [-0.25, -0.2) is 0 Å². The Kier molecular flexibility index (Phi) is 3.42. The van der Waals surface area contributed by atoms with Crippen LogP contribution in [0.4, 0.5) is 0 Å². The summed E-state index contributed by atoms with van der Waals surface area (Å²) in [5, 5.41) is 10.2. The molecule has 0 amide bonds. The average Bonchev–Trinajstić information content (AvgIpc) is 2.85. The Hall–Kier alpha value is -1.80. The van der Waals surface area contributed by atoms with E-state index in [0.717, 1.165) is 25.8 Å². The molecule has 1 N–H and O–H groups in total. The lowest BCUT2D eigenvalue weighted by atomic mass is 9.73. The van der Waals surface area contributed by atoms with Gasteiger partial charge >= 0.3 is 0 Å². The normalized spacial score (nSPS) is 27.4. The molecule has 1 fully saturated rings. The molecule has 114 valence electrons. The van der Waals surface area contributed by atoms with Gasteiger partial charge in [0.05, 0.1) is 0 Å². The summed E-state index contributed by atoms with van der Waals surface area (Å²) in [6.45, 7) is 1.15. The number of fused-ring (bicyclic) bond motifs is 3. The number of aromatic hydroxyl groups is 1. The third-order valence-electron chi connectivity index (χ3n) is 5.59. The van der Waals surface area contributed by atoms with Crippen molar-refractivity contribution in [2.24, 2.45) is 5.92 Å². The average molecular weight is 293 g/mol. The molecule has 2 nitrogen and oxygen atoms in total. The minimum absolute atomic E-state index is 0.490. The van der Waals surface area contributed by atoms with Gasteiger partial charge < -0.3 is 10.0 Å². The highest BCUT2D eigenvalue weighted by Gasteiger charge is 2.43. The fourth-order valence-corrected chi connectivity index (χ4v) is 4.65. The molecular weight excluding hydrogens is 270 g/mol. The Bertz CT molecular complexity index is 667. The van der Waals surface area contributed by atoms with Crippen molar-refractivity contribution >= 4 is 0 Å². The van der Waals surface area contributed by atoms with Gasteiger partial charge in [0, 0.05) is 18.5 Å². The molecule has 4 rings (SSSR count). The van der Waals surface area contributed by atoms with Gasteiger partial charge in [0.15, 0.2) is 0 Å². The van der Waals surface area contributed by atoms with Crippen molar-refractivity contribution in [1.29, 1.82) is 0 Å². The lowest BCUT2D eigenvalue weighted by Crippen LogP contribution is -2.32. The predicted molar refractivity (Wildman–Crippen MR) is 89.2 cm³/mol. The van der Waals surface area contributed by atoms with Crippen LogP contribution in [0.5, 0.6) is 5.75 Å². The number of rotatable bonds is 2. The lowest BCUT2D eigenvalue weighted by Gasteiger charge is -2.33. The predicted octanol–water partition coefficient (Wildman–Crippen LogP) is 3.59. The van der Waals surface area contributed by atoms with E-state index < -0.39 is 0 Å². The van der Waals surface area contributed by atoms with Crippen LogP contribution in [0.2, 0.25) is 0 Å². The molecule has 0 bridgehead atoms. The van der Waals surface area contributed by atoms with E-state index >= 15 is 0 Å². The minimum Gasteiger partial charge on any atom is -0.508 e. The zero-order chi connectivity index (χ0) is 15.1. The zero-order valence-corrected chi connectivity index (χ0v) is 13.1. The second kappa shape index (κ2) is 5.44. The molecule has 1 saturated heterocycles. The Morgan fingerprint density at radius 2 is 1.91 bits per heavy atom. The molecule has 0 spiro atoms. The molecule has 2 aliphatic rings. The molecule has 2 aromatic rings. The van der Waals surface area contributed by atoms with Gasteiger partial charge in [-0.3, -0.25) is 0 Å². The number of nitrogens with zero attached hydrogens (tertiary/aromatic N) is 1. The summed E-state index contributed by atoms with van der Waals surface area (Å²) in [5.41, 5.74) is 4.01. The molecule has 1 aliphatic carbocycles. The maximum absolute atomic E-state index is 10.2. The SMILES string of the molecule is CN1C[C@H](Cc2ccccc2)[C@H]2c3cccc(O)c3CC[C@H]21. The number of phenols is 1. The third-order valence-corrected chi connectivity index (χ3v) is 5.59. The lowest BCUT2D eigenvalue weighted by molar-refractivity contribution is 0.273. The first kappa shape index (κ1) is 13.8. The Labute approximate surface area is 132 Å². The first-order chi connectivity index (χ1) is 10.7. The maximum Gasteiger partial charge on any atom is 0.119 e. The Morgan fingerprint density at radius 1 is 1.09 bits per heavy atom. The number of likely N-dealkylation sites (tertiary alicyclic amines) is 1. The quantitative estimate of drug-likeness (QED) is 0.914. The van der Waals surface area contributed by atoms with Crippen molar-refractivity contribution in [1.82, 2.24) is 4.90 Å². The second-order valence-electron chi connectivity index (χ2n) is 6.87. The van der Waals surface area contributed by atoms with Crippen LogP contribution in [0.1, 0.15) is 29.0 Å². The number of hydrogen-bond acceptors (Lipinski definition) is 2. The van der Waals surface area contributed by atoms with E-state index in [2.05, 4.69) is 48.3 Å². The standard InChI is InChI=1S/C20H23NO/c1-21-13-15(12-14-6-3-2-4-7-14)20-17-8-5-9-19(22)16(17)10-11-18(20)21/h2-9,15,18,20,22H,10-13H2,1H3/t15-,18+,20-/m0/s1. The van der Waals surface area contributed by atoms with Crippen LogP contribution >= 0.6 is 0 Å². The van der Waals surface area contributed by atoms with Crippen molar-refractivity contribution in [2.75, 3.05) is 13.6 Å². The summed E-state index contributed by atoms with van der Waals surface area (Å²) in [7, 11) is 2.26. The summed E-state index contributed by atoms with van der Waals surface area (Å²) in [6, 6.07) is 17.5. The van der Waals surface area contributed by atoms with Crippen LogP contribution in [-0.2, 0) is 12.8 Å². The molecule has 2 heteroatoms. The molecular formula is C20H23NO. The number of likely N-dealkylation sites (N-methyl/N-ethyl adjacent to an activating group) is 1. The van der Waals surface area contributed by atoms with Crippen molar-refractivity contribution in [3.05, 3.63) is 65.2 Å². The van der Waals surface area contributed by atoms with Crippen molar-refractivity contribution < 1.29 is 5.11 Å². The van der Waals surface area contributed by atoms with Crippen molar-refractivity contribution in [3.8, 4) is 5.75 Å². The number of phenolic OH excluding ortho intramolecular Hbond substituents is 1. The van der Waals surface area contributed by atoms with E-state index in [-0.39, 0.29) is 0 Å². The van der Waals surface area contributed by atoms with E-state index in [0.29, 0.717) is 23.6 Å². The summed E-state index contributed by atoms with van der Waals surface area (Å²) in [5.74, 6) is 1.68. The summed E-state index contributed by atoms with van der Waals surface area (Å²) < 4.78 is 0. The monoisotopic (exact) mass is 293 g/mol. The zero-order valence-electron chi connectivity index (χ0n) is 13.1.